The average Bonchev–Trinajstić information content (AvgIpc) is 3.13. The molecular formula is C22H18N2O4S. The summed E-state index contributed by atoms with van der Waals surface area (Å²) in [6, 6.07) is 20.9. The molecule has 4 aromatic rings. The topological polar surface area (TPSA) is 78.3 Å². The van der Waals surface area contributed by atoms with Crippen LogP contribution in [0.1, 0.15) is 16.1 Å². The molecule has 0 N–H and O–H groups in total. The van der Waals surface area contributed by atoms with Crippen molar-refractivity contribution in [2.24, 2.45) is 0 Å². The minimum Gasteiger partial charge on any atom is -0.464 e. The summed E-state index contributed by atoms with van der Waals surface area (Å²) in [6.07, 6.45) is 0. The second-order valence-electron chi connectivity index (χ2n) is 6.58. The Morgan fingerprint density at radius 1 is 0.966 bits per heavy atom. The summed E-state index contributed by atoms with van der Waals surface area (Å²) in [5, 5.41) is 0.528. The molecule has 29 heavy (non-hydrogen) atoms. The first-order chi connectivity index (χ1) is 13.9. The van der Waals surface area contributed by atoms with Gasteiger partial charge in [0.2, 0.25) is 0 Å². The van der Waals surface area contributed by atoms with Crippen molar-refractivity contribution in [2.75, 3.05) is 7.11 Å². The molecule has 0 aliphatic heterocycles. The first kappa shape index (κ1) is 18.9. The molecule has 6 nitrogen and oxygen atoms in total. The van der Waals surface area contributed by atoms with Crippen molar-refractivity contribution in [3.63, 3.8) is 0 Å². The Kier molecular flexibility index (Phi) is 4.68. The molecule has 146 valence electrons. The minimum atomic E-state index is -4.07. The smallest absolute Gasteiger partial charge is 0.355 e. The molecule has 2 heterocycles. The number of methoxy groups -OCH3 is 1. The third-order valence-electron chi connectivity index (χ3n) is 4.63. The van der Waals surface area contributed by atoms with Crippen LogP contribution < -0.4 is 0 Å². The summed E-state index contributed by atoms with van der Waals surface area (Å²) in [4.78, 5) is 17.0. The fourth-order valence-electron chi connectivity index (χ4n) is 3.13. The Balaban J connectivity index is 2.01. The molecule has 2 aromatic carbocycles. The van der Waals surface area contributed by atoms with Crippen LogP contribution in [0.25, 0.3) is 22.3 Å². The molecule has 0 radical (unpaired) electrons. The zero-order chi connectivity index (χ0) is 20.6. The quantitative estimate of drug-likeness (QED) is 0.478. The third-order valence-corrected chi connectivity index (χ3v) is 6.35. The second-order valence-corrected chi connectivity index (χ2v) is 8.37. The molecule has 0 bridgehead atoms. The Labute approximate surface area is 168 Å². The molecule has 0 spiro atoms. The molecule has 7 heteroatoms. The van der Waals surface area contributed by atoms with Gasteiger partial charge in [-0.1, -0.05) is 48.0 Å². The number of carbonyl (C=O) groups is 1. The molecule has 0 fully saturated rings. The SMILES string of the molecule is COC(=O)c1cc2ccc(-c3ccccc3)nc2n1S(=O)(=O)c1ccc(C)cc1. The van der Waals surface area contributed by atoms with Crippen molar-refractivity contribution >= 4 is 27.0 Å². The summed E-state index contributed by atoms with van der Waals surface area (Å²) in [7, 11) is -2.86. The molecule has 0 aliphatic carbocycles. The highest BCUT2D eigenvalue weighted by molar-refractivity contribution is 7.90. The molecule has 2 aromatic heterocycles. The van der Waals surface area contributed by atoms with Gasteiger partial charge in [-0.25, -0.2) is 22.2 Å². The van der Waals surface area contributed by atoms with Crippen LogP contribution in [0.3, 0.4) is 0 Å². The number of nitrogens with zero attached hydrogens (tertiary/aromatic N) is 2. The van der Waals surface area contributed by atoms with Gasteiger partial charge in [0, 0.05) is 10.9 Å². The summed E-state index contributed by atoms with van der Waals surface area (Å²) in [5.41, 5.74) is 2.45. The maximum Gasteiger partial charge on any atom is 0.355 e. The van der Waals surface area contributed by atoms with Crippen LogP contribution >= 0.6 is 0 Å². The Morgan fingerprint density at radius 2 is 1.66 bits per heavy atom. The number of ether oxygens (including phenoxy) is 1. The number of hydrogen-bond donors (Lipinski definition) is 0. The van der Waals surface area contributed by atoms with Crippen LogP contribution in [0.15, 0.2) is 77.7 Å². The number of fused-ring (bicyclic) bond motifs is 1. The van der Waals surface area contributed by atoms with Gasteiger partial charge in [-0.2, -0.15) is 0 Å². The standard InChI is InChI=1S/C22H18N2O4S/c1-15-8-11-18(12-9-15)29(26,27)24-20(22(25)28-2)14-17-10-13-19(23-21(17)24)16-6-4-3-5-7-16/h3-14H,1-2H3. The lowest BCUT2D eigenvalue weighted by atomic mass is 10.1. The Hall–Kier alpha value is -3.45. The molecule has 0 aliphatic rings. The highest BCUT2D eigenvalue weighted by atomic mass is 32.2. The van der Waals surface area contributed by atoms with Gasteiger partial charge in [0.15, 0.2) is 5.65 Å². The van der Waals surface area contributed by atoms with Crippen LogP contribution in [0.5, 0.6) is 0 Å². The van der Waals surface area contributed by atoms with Crippen LogP contribution in [0, 0.1) is 6.92 Å². The zero-order valence-corrected chi connectivity index (χ0v) is 16.7. The van der Waals surface area contributed by atoms with Crippen LogP contribution in [-0.2, 0) is 14.8 Å². The first-order valence-electron chi connectivity index (χ1n) is 8.90. The van der Waals surface area contributed by atoms with E-state index in [0.717, 1.165) is 15.1 Å². The normalized spacial score (nSPS) is 11.5. The lowest BCUT2D eigenvalue weighted by Gasteiger charge is -2.11. The molecule has 0 saturated carbocycles. The number of pyridine rings is 1. The summed E-state index contributed by atoms with van der Waals surface area (Å²) >= 11 is 0. The number of rotatable bonds is 4. The summed E-state index contributed by atoms with van der Waals surface area (Å²) in [5.74, 6) is -0.750. The van der Waals surface area contributed by atoms with Gasteiger partial charge in [0.05, 0.1) is 17.7 Å². The van der Waals surface area contributed by atoms with Crippen LogP contribution in [0.2, 0.25) is 0 Å². The third kappa shape index (κ3) is 3.30. The van der Waals surface area contributed by atoms with E-state index >= 15 is 0 Å². The highest BCUT2D eigenvalue weighted by Gasteiger charge is 2.28. The number of aryl methyl sites for hydroxylation is 1. The van der Waals surface area contributed by atoms with Gasteiger partial charge in [-0.3, -0.25) is 0 Å². The largest absolute Gasteiger partial charge is 0.464 e. The van der Waals surface area contributed by atoms with E-state index in [4.69, 9.17) is 4.74 Å². The lowest BCUT2D eigenvalue weighted by Crippen LogP contribution is -2.19. The van der Waals surface area contributed by atoms with E-state index in [1.807, 2.05) is 37.3 Å². The molecule has 4 rings (SSSR count). The van der Waals surface area contributed by atoms with E-state index in [9.17, 15) is 13.2 Å². The predicted molar refractivity (Wildman–Crippen MR) is 110 cm³/mol. The van der Waals surface area contributed by atoms with Gasteiger partial charge in [-0.05, 0) is 37.3 Å². The van der Waals surface area contributed by atoms with Crippen molar-refractivity contribution in [2.45, 2.75) is 11.8 Å². The average molecular weight is 406 g/mol. The maximum absolute atomic E-state index is 13.4. The van der Waals surface area contributed by atoms with E-state index in [-0.39, 0.29) is 16.2 Å². The molecule has 0 amide bonds. The van der Waals surface area contributed by atoms with E-state index in [1.54, 1.807) is 24.3 Å². The minimum absolute atomic E-state index is 0.0673. The van der Waals surface area contributed by atoms with E-state index in [1.165, 1.54) is 25.3 Å². The molecule has 0 atom stereocenters. The van der Waals surface area contributed by atoms with Crippen molar-refractivity contribution in [3.8, 4) is 11.3 Å². The fraction of sp³-hybridized carbons (Fsp3) is 0.0909. The summed E-state index contributed by atoms with van der Waals surface area (Å²) in [6.45, 7) is 1.87. The second kappa shape index (κ2) is 7.18. The van der Waals surface area contributed by atoms with Crippen molar-refractivity contribution in [3.05, 3.63) is 84.1 Å². The molecule has 0 unspecified atom stereocenters. The Morgan fingerprint density at radius 3 is 2.31 bits per heavy atom. The first-order valence-corrected chi connectivity index (χ1v) is 10.3. The van der Waals surface area contributed by atoms with E-state index in [0.29, 0.717) is 11.1 Å². The molecule has 0 saturated heterocycles. The van der Waals surface area contributed by atoms with Gasteiger partial charge in [0.25, 0.3) is 10.0 Å². The number of benzene rings is 2. The lowest BCUT2D eigenvalue weighted by molar-refractivity contribution is 0.0593. The Bertz CT molecular complexity index is 1310. The number of aromatic nitrogens is 2. The van der Waals surface area contributed by atoms with Crippen LogP contribution in [0.4, 0.5) is 0 Å². The number of hydrogen-bond acceptors (Lipinski definition) is 5. The van der Waals surface area contributed by atoms with E-state index < -0.39 is 16.0 Å². The van der Waals surface area contributed by atoms with Gasteiger partial charge < -0.3 is 4.74 Å². The summed E-state index contributed by atoms with van der Waals surface area (Å²) < 4.78 is 32.6. The van der Waals surface area contributed by atoms with Crippen LogP contribution in [-0.4, -0.2) is 30.5 Å². The zero-order valence-electron chi connectivity index (χ0n) is 15.9. The van der Waals surface area contributed by atoms with E-state index in [2.05, 4.69) is 4.98 Å². The van der Waals surface area contributed by atoms with Crippen molar-refractivity contribution in [1.29, 1.82) is 0 Å². The maximum atomic E-state index is 13.4. The predicted octanol–water partition coefficient (Wildman–Crippen LogP) is 4.04. The fourth-order valence-corrected chi connectivity index (χ4v) is 4.58. The van der Waals surface area contributed by atoms with Gasteiger partial charge in [0.1, 0.15) is 5.69 Å². The monoisotopic (exact) mass is 406 g/mol. The number of carbonyl (C=O) groups excluding carboxylic acids is 1. The highest BCUT2D eigenvalue weighted by Crippen LogP contribution is 2.28. The molecular weight excluding hydrogens is 388 g/mol. The van der Waals surface area contributed by atoms with Crippen molar-refractivity contribution < 1.29 is 17.9 Å². The van der Waals surface area contributed by atoms with Crippen molar-refractivity contribution in [1.82, 2.24) is 8.96 Å². The van der Waals surface area contributed by atoms with Gasteiger partial charge in [-0.15, -0.1) is 0 Å². The van der Waals surface area contributed by atoms with Gasteiger partial charge >= 0.3 is 5.97 Å². The number of esters is 1.